The highest BCUT2D eigenvalue weighted by molar-refractivity contribution is 5.86. The van der Waals surface area contributed by atoms with Gasteiger partial charge in [-0.2, -0.15) is 0 Å². The largest absolute Gasteiger partial charge is 0.480 e. The van der Waals surface area contributed by atoms with E-state index in [1.165, 1.54) is 11.9 Å². The molecule has 0 aromatic heterocycles. The summed E-state index contributed by atoms with van der Waals surface area (Å²) in [5.41, 5.74) is 0. The van der Waals surface area contributed by atoms with Crippen LogP contribution in [0, 0.1) is 0 Å². The molecule has 0 aromatic carbocycles. The summed E-state index contributed by atoms with van der Waals surface area (Å²) < 4.78 is 0. The second-order valence-electron chi connectivity index (χ2n) is 3.54. The molecule has 8 nitrogen and oxygen atoms in total. The Morgan fingerprint density at radius 3 is 2.33 bits per heavy atom. The molecule has 0 aliphatic heterocycles. The van der Waals surface area contributed by atoms with Crippen molar-refractivity contribution in [3.63, 3.8) is 0 Å². The van der Waals surface area contributed by atoms with Gasteiger partial charge in [0.2, 0.25) is 5.91 Å². The van der Waals surface area contributed by atoms with E-state index in [9.17, 15) is 14.4 Å². The van der Waals surface area contributed by atoms with Crippen LogP contribution in [0.25, 0.3) is 0 Å². The Morgan fingerprint density at radius 1 is 1.33 bits per heavy atom. The zero-order valence-electron chi connectivity index (χ0n) is 10.5. The van der Waals surface area contributed by atoms with Crippen LogP contribution in [0.5, 0.6) is 0 Å². The number of nitrogens with one attached hydrogen (secondary N) is 2. The number of nitrogens with zero attached hydrogens (tertiary/aromatic N) is 1. The summed E-state index contributed by atoms with van der Waals surface area (Å²) in [6, 6.07) is -1.82. The average Bonchev–Trinajstić information content (AvgIpc) is 2.34. The van der Waals surface area contributed by atoms with Crippen molar-refractivity contribution >= 4 is 17.9 Å². The fourth-order valence-corrected chi connectivity index (χ4v) is 1.21. The average molecular weight is 261 g/mol. The second-order valence-corrected chi connectivity index (χ2v) is 3.54. The number of carboxylic acids is 1. The number of aliphatic hydroxyl groups is 1. The number of rotatable bonds is 7. The van der Waals surface area contributed by atoms with Gasteiger partial charge in [-0.3, -0.25) is 4.79 Å². The van der Waals surface area contributed by atoms with Crippen molar-refractivity contribution < 1.29 is 24.6 Å². The van der Waals surface area contributed by atoms with Gasteiger partial charge < -0.3 is 25.7 Å². The number of carboxylic acid groups (broad SMARTS) is 1. The summed E-state index contributed by atoms with van der Waals surface area (Å²) in [4.78, 5) is 34.8. The lowest BCUT2D eigenvalue weighted by Crippen LogP contribution is -2.50. The summed E-state index contributed by atoms with van der Waals surface area (Å²) in [5, 5.41) is 22.1. The molecule has 0 aliphatic carbocycles. The van der Waals surface area contributed by atoms with E-state index < -0.39 is 18.0 Å². The zero-order chi connectivity index (χ0) is 14.1. The van der Waals surface area contributed by atoms with Crippen molar-refractivity contribution in [2.75, 3.05) is 26.7 Å². The van der Waals surface area contributed by atoms with E-state index in [-0.39, 0.29) is 32.0 Å². The molecule has 8 heteroatoms. The van der Waals surface area contributed by atoms with Crippen LogP contribution in [0.4, 0.5) is 4.79 Å². The Kier molecular flexibility index (Phi) is 7.45. The van der Waals surface area contributed by atoms with E-state index in [4.69, 9.17) is 10.2 Å². The molecule has 0 fully saturated rings. The number of carbonyl (C=O) groups excluding carboxylic acids is 2. The zero-order valence-corrected chi connectivity index (χ0v) is 10.5. The first-order valence-corrected chi connectivity index (χ1v) is 5.55. The van der Waals surface area contributed by atoms with Crippen LogP contribution in [-0.4, -0.2) is 65.8 Å². The Labute approximate surface area is 105 Å². The van der Waals surface area contributed by atoms with Crippen LogP contribution >= 0.6 is 0 Å². The number of aliphatic hydroxyl groups excluding tert-OH is 1. The Balaban J connectivity index is 4.49. The molecule has 18 heavy (non-hydrogen) atoms. The van der Waals surface area contributed by atoms with Gasteiger partial charge in [-0.25, -0.2) is 9.59 Å². The minimum Gasteiger partial charge on any atom is -0.480 e. The molecule has 104 valence electrons. The van der Waals surface area contributed by atoms with Gasteiger partial charge in [0.15, 0.2) is 0 Å². The molecular formula is C10H19N3O5. The standard InChI is InChI=1S/C10H19N3O5/c1-3-13(6-8(15)11-2)10(18)12-7(4-5-14)9(16)17/h7,14H,3-6H2,1-2H3,(H,11,15)(H,12,18)(H,16,17)/t7-/m0/s1. The third-order valence-corrected chi connectivity index (χ3v) is 2.30. The molecule has 0 unspecified atom stereocenters. The Morgan fingerprint density at radius 2 is 1.94 bits per heavy atom. The van der Waals surface area contributed by atoms with Crippen LogP contribution in [0.1, 0.15) is 13.3 Å². The van der Waals surface area contributed by atoms with Crippen LogP contribution < -0.4 is 10.6 Å². The maximum atomic E-state index is 11.7. The molecule has 4 N–H and O–H groups in total. The molecule has 0 heterocycles. The van der Waals surface area contributed by atoms with Crippen LogP contribution in [0.3, 0.4) is 0 Å². The van der Waals surface area contributed by atoms with E-state index >= 15 is 0 Å². The molecule has 3 amide bonds. The highest BCUT2D eigenvalue weighted by atomic mass is 16.4. The molecule has 0 aliphatic rings. The molecule has 0 saturated heterocycles. The molecular weight excluding hydrogens is 242 g/mol. The second kappa shape index (κ2) is 8.29. The number of aliphatic carboxylic acids is 1. The highest BCUT2D eigenvalue weighted by Crippen LogP contribution is 1.96. The van der Waals surface area contributed by atoms with Gasteiger partial charge in [-0.15, -0.1) is 0 Å². The number of hydrogen-bond acceptors (Lipinski definition) is 4. The van der Waals surface area contributed by atoms with E-state index in [1.54, 1.807) is 6.92 Å². The van der Waals surface area contributed by atoms with Gasteiger partial charge in [-0.05, 0) is 6.92 Å². The Bertz CT molecular complexity index is 308. The van der Waals surface area contributed by atoms with Gasteiger partial charge in [0.25, 0.3) is 0 Å². The van der Waals surface area contributed by atoms with E-state index in [2.05, 4.69) is 10.6 Å². The highest BCUT2D eigenvalue weighted by Gasteiger charge is 2.22. The number of urea groups is 1. The van der Waals surface area contributed by atoms with Crippen molar-refractivity contribution in [3.05, 3.63) is 0 Å². The summed E-state index contributed by atoms with van der Waals surface area (Å²) in [6.45, 7) is 1.44. The van der Waals surface area contributed by atoms with Crippen molar-refractivity contribution in [2.45, 2.75) is 19.4 Å². The first-order valence-electron chi connectivity index (χ1n) is 5.55. The minimum atomic E-state index is -1.23. The lowest BCUT2D eigenvalue weighted by Gasteiger charge is -2.22. The van der Waals surface area contributed by atoms with E-state index in [0.29, 0.717) is 0 Å². The third kappa shape index (κ3) is 5.48. The molecule has 0 radical (unpaired) electrons. The lowest BCUT2D eigenvalue weighted by molar-refractivity contribution is -0.139. The third-order valence-electron chi connectivity index (χ3n) is 2.30. The molecule has 0 saturated carbocycles. The van der Waals surface area contributed by atoms with Gasteiger partial charge in [0, 0.05) is 26.6 Å². The van der Waals surface area contributed by atoms with Gasteiger partial charge in [0.1, 0.15) is 12.6 Å². The quantitative estimate of drug-likeness (QED) is 0.449. The molecule has 0 spiro atoms. The predicted molar refractivity (Wildman–Crippen MR) is 63.0 cm³/mol. The van der Waals surface area contributed by atoms with Crippen LogP contribution in [-0.2, 0) is 9.59 Å². The molecule has 0 bridgehead atoms. The predicted octanol–water partition coefficient (Wildman–Crippen LogP) is -1.40. The number of likely N-dealkylation sites (N-methyl/N-ethyl adjacent to an activating group) is 2. The summed E-state index contributed by atoms with van der Waals surface area (Å²) in [7, 11) is 1.44. The van der Waals surface area contributed by atoms with Crippen molar-refractivity contribution in [1.29, 1.82) is 0 Å². The molecule has 0 rings (SSSR count). The fraction of sp³-hybridized carbons (Fsp3) is 0.700. The van der Waals surface area contributed by atoms with Crippen molar-refractivity contribution in [3.8, 4) is 0 Å². The van der Waals surface area contributed by atoms with Crippen LogP contribution in [0.2, 0.25) is 0 Å². The lowest BCUT2D eigenvalue weighted by atomic mass is 10.2. The van der Waals surface area contributed by atoms with Gasteiger partial charge in [-0.1, -0.05) is 0 Å². The van der Waals surface area contributed by atoms with Gasteiger partial charge >= 0.3 is 12.0 Å². The first kappa shape index (κ1) is 16.2. The maximum Gasteiger partial charge on any atom is 0.326 e. The minimum absolute atomic E-state index is 0.0847. The van der Waals surface area contributed by atoms with E-state index in [0.717, 1.165) is 0 Å². The number of carbonyl (C=O) groups is 3. The normalized spacial score (nSPS) is 11.5. The maximum absolute atomic E-state index is 11.7. The summed E-state index contributed by atoms with van der Waals surface area (Å²) in [6.07, 6.45) is -0.0847. The topological polar surface area (TPSA) is 119 Å². The monoisotopic (exact) mass is 261 g/mol. The Hall–Kier alpha value is -1.83. The SMILES string of the molecule is CCN(CC(=O)NC)C(=O)N[C@@H](CCO)C(=O)O. The molecule has 0 aromatic rings. The van der Waals surface area contributed by atoms with Gasteiger partial charge in [0.05, 0.1) is 0 Å². The number of hydrogen-bond donors (Lipinski definition) is 4. The summed E-state index contributed by atoms with van der Waals surface area (Å²) in [5.74, 6) is -1.57. The fourth-order valence-electron chi connectivity index (χ4n) is 1.21. The van der Waals surface area contributed by atoms with Crippen molar-refractivity contribution in [1.82, 2.24) is 15.5 Å². The van der Waals surface area contributed by atoms with E-state index in [1.807, 2.05) is 0 Å². The first-order chi connectivity index (χ1) is 8.46. The number of amides is 3. The molecule has 1 atom stereocenters. The smallest absolute Gasteiger partial charge is 0.326 e. The summed E-state index contributed by atoms with van der Waals surface area (Å²) >= 11 is 0. The van der Waals surface area contributed by atoms with Crippen LogP contribution in [0.15, 0.2) is 0 Å². The van der Waals surface area contributed by atoms with Crippen molar-refractivity contribution in [2.24, 2.45) is 0 Å².